The van der Waals surface area contributed by atoms with Gasteiger partial charge in [-0.25, -0.2) is 0 Å². The first kappa shape index (κ1) is 15.0. The van der Waals surface area contributed by atoms with E-state index in [1.807, 2.05) is 26.0 Å². The Kier molecular flexibility index (Phi) is 5.68. The van der Waals surface area contributed by atoms with E-state index in [4.69, 9.17) is 5.11 Å². The maximum atomic E-state index is 11.4. The highest BCUT2D eigenvalue weighted by molar-refractivity contribution is 9.10. The third-order valence-corrected chi connectivity index (χ3v) is 4.26. The summed E-state index contributed by atoms with van der Waals surface area (Å²) in [6, 6.07) is 4.02. The van der Waals surface area contributed by atoms with Crippen molar-refractivity contribution in [2.75, 3.05) is 12.3 Å². The summed E-state index contributed by atoms with van der Waals surface area (Å²) in [6.45, 7) is 3.62. The van der Waals surface area contributed by atoms with Gasteiger partial charge in [-0.2, -0.15) is 0 Å². The van der Waals surface area contributed by atoms with Crippen LogP contribution in [0.1, 0.15) is 11.1 Å². The Morgan fingerprint density at radius 2 is 2.00 bits per heavy atom. The predicted octanol–water partition coefficient (Wildman–Crippen LogP) is 2.36. The lowest BCUT2D eigenvalue weighted by molar-refractivity contribution is -0.137. The first-order valence-electron chi connectivity index (χ1n) is 5.28. The molecule has 0 unspecified atom stereocenters. The summed E-state index contributed by atoms with van der Waals surface area (Å²) < 4.78 is 1.04. The zero-order chi connectivity index (χ0) is 13.7. The van der Waals surface area contributed by atoms with Gasteiger partial charge in [0.15, 0.2) is 0 Å². The number of carboxylic acids is 1. The number of carbonyl (C=O) groups excluding carboxylic acids is 1. The van der Waals surface area contributed by atoms with Crippen molar-refractivity contribution in [2.24, 2.45) is 0 Å². The first-order valence-corrected chi connectivity index (χ1v) is 7.06. The summed E-state index contributed by atoms with van der Waals surface area (Å²) in [7, 11) is 0. The number of amides is 1. The molecule has 0 saturated carbocycles. The number of thioether (sulfide) groups is 1. The van der Waals surface area contributed by atoms with E-state index in [0.717, 1.165) is 20.5 Å². The third-order valence-electron chi connectivity index (χ3n) is 2.25. The Hall–Kier alpha value is -1.01. The van der Waals surface area contributed by atoms with Crippen LogP contribution < -0.4 is 5.32 Å². The highest BCUT2D eigenvalue weighted by atomic mass is 79.9. The Bertz CT molecular complexity index is 477. The molecular weight excluding hydrogens is 318 g/mol. The van der Waals surface area contributed by atoms with Crippen molar-refractivity contribution in [1.82, 2.24) is 5.32 Å². The SMILES string of the molecule is Cc1cc(SCC(=O)NCC(=O)O)c(C)cc1Br. The summed E-state index contributed by atoms with van der Waals surface area (Å²) in [6.07, 6.45) is 0. The highest BCUT2D eigenvalue weighted by Crippen LogP contribution is 2.28. The number of aryl methyl sites for hydroxylation is 2. The summed E-state index contributed by atoms with van der Waals surface area (Å²) in [4.78, 5) is 22.7. The predicted molar refractivity (Wildman–Crippen MR) is 75.0 cm³/mol. The monoisotopic (exact) mass is 331 g/mol. The molecule has 4 nitrogen and oxygen atoms in total. The molecule has 0 aliphatic rings. The molecular formula is C12H14BrNO3S. The number of hydrogen-bond donors (Lipinski definition) is 2. The summed E-state index contributed by atoms with van der Waals surface area (Å²) in [5, 5.41) is 10.8. The first-order chi connectivity index (χ1) is 8.40. The minimum atomic E-state index is -1.04. The number of benzene rings is 1. The second kappa shape index (κ2) is 6.80. The maximum absolute atomic E-state index is 11.4. The number of hydrogen-bond acceptors (Lipinski definition) is 3. The average Bonchev–Trinajstić information content (AvgIpc) is 2.29. The fraction of sp³-hybridized carbons (Fsp3) is 0.333. The van der Waals surface area contributed by atoms with Gasteiger partial charge in [-0.15, -0.1) is 11.8 Å². The van der Waals surface area contributed by atoms with E-state index in [1.54, 1.807) is 0 Å². The number of carboxylic acid groups (broad SMARTS) is 1. The molecule has 0 spiro atoms. The molecule has 0 fully saturated rings. The quantitative estimate of drug-likeness (QED) is 0.813. The molecule has 2 N–H and O–H groups in total. The van der Waals surface area contributed by atoms with Crippen LogP contribution in [0.4, 0.5) is 0 Å². The Balaban J connectivity index is 2.56. The van der Waals surface area contributed by atoms with Crippen LogP contribution in [-0.4, -0.2) is 29.3 Å². The fourth-order valence-corrected chi connectivity index (χ4v) is 2.67. The molecule has 0 bridgehead atoms. The molecule has 0 heterocycles. The molecule has 1 aromatic rings. The van der Waals surface area contributed by atoms with Crippen LogP contribution >= 0.6 is 27.7 Å². The van der Waals surface area contributed by atoms with E-state index in [0.29, 0.717) is 0 Å². The zero-order valence-electron chi connectivity index (χ0n) is 10.1. The molecule has 0 radical (unpaired) electrons. The van der Waals surface area contributed by atoms with Gasteiger partial charge in [-0.1, -0.05) is 15.9 Å². The van der Waals surface area contributed by atoms with Crippen molar-refractivity contribution < 1.29 is 14.7 Å². The second-order valence-corrected chi connectivity index (χ2v) is 5.70. The van der Waals surface area contributed by atoms with Crippen molar-refractivity contribution in [2.45, 2.75) is 18.7 Å². The lowest BCUT2D eigenvalue weighted by Crippen LogP contribution is -2.30. The topological polar surface area (TPSA) is 66.4 Å². The zero-order valence-corrected chi connectivity index (χ0v) is 12.5. The van der Waals surface area contributed by atoms with E-state index < -0.39 is 5.97 Å². The summed E-state index contributed by atoms with van der Waals surface area (Å²) in [5.74, 6) is -1.10. The average molecular weight is 332 g/mol. The number of rotatable bonds is 5. The van der Waals surface area contributed by atoms with E-state index in [1.165, 1.54) is 11.8 Å². The van der Waals surface area contributed by atoms with Gasteiger partial charge >= 0.3 is 5.97 Å². The molecule has 1 rings (SSSR count). The number of carbonyl (C=O) groups is 2. The molecule has 1 amide bonds. The normalized spacial score (nSPS) is 10.2. The van der Waals surface area contributed by atoms with E-state index in [2.05, 4.69) is 21.2 Å². The molecule has 0 saturated heterocycles. The number of aliphatic carboxylic acids is 1. The molecule has 98 valence electrons. The summed E-state index contributed by atoms with van der Waals surface area (Å²) >= 11 is 4.85. The van der Waals surface area contributed by atoms with Gasteiger partial charge in [-0.3, -0.25) is 9.59 Å². The smallest absolute Gasteiger partial charge is 0.322 e. The second-order valence-electron chi connectivity index (χ2n) is 3.83. The molecule has 0 aliphatic carbocycles. The van der Waals surface area contributed by atoms with Gasteiger partial charge in [-0.05, 0) is 37.1 Å². The van der Waals surface area contributed by atoms with Crippen LogP contribution in [-0.2, 0) is 9.59 Å². The van der Waals surface area contributed by atoms with Gasteiger partial charge in [0.2, 0.25) is 5.91 Å². The van der Waals surface area contributed by atoms with Crippen LogP contribution in [0.5, 0.6) is 0 Å². The largest absolute Gasteiger partial charge is 0.480 e. The maximum Gasteiger partial charge on any atom is 0.322 e. The minimum Gasteiger partial charge on any atom is -0.480 e. The molecule has 1 aromatic carbocycles. The van der Waals surface area contributed by atoms with Gasteiger partial charge in [0.25, 0.3) is 0 Å². The van der Waals surface area contributed by atoms with Gasteiger partial charge in [0.1, 0.15) is 6.54 Å². The molecule has 0 atom stereocenters. The molecule has 0 aromatic heterocycles. The van der Waals surface area contributed by atoms with Crippen LogP contribution in [0.2, 0.25) is 0 Å². The third kappa shape index (κ3) is 4.70. The van der Waals surface area contributed by atoms with E-state index in [-0.39, 0.29) is 18.2 Å². The van der Waals surface area contributed by atoms with Crippen LogP contribution in [0, 0.1) is 13.8 Å². The number of nitrogens with one attached hydrogen (secondary N) is 1. The van der Waals surface area contributed by atoms with E-state index >= 15 is 0 Å². The fourth-order valence-electron chi connectivity index (χ4n) is 1.28. The van der Waals surface area contributed by atoms with Crippen molar-refractivity contribution in [1.29, 1.82) is 0 Å². The van der Waals surface area contributed by atoms with Crippen molar-refractivity contribution in [3.8, 4) is 0 Å². The minimum absolute atomic E-state index is 0.217. The Morgan fingerprint density at radius 1 is 1.33 bits per heavy atom. The van der Waals surface area contributed by atoms with Gasteiger partial charge in [0, 0.05) is 9.37 Å². The summed E-state index contributed by atoms with van der Waals surface area (Å²) in [5.41, 5.74) is 2.19. The van der Waals surface area contributed by atoms with Crippen LogP contribution in [0.15, 0.2) is 21.5 Å². The molecule has 18 heavy (non-hydrogen) atoms. The van der Waals surface area contributed by atoms with Crippen molar-refractivity contribution in [3.63, 3.8) is 0 Å². The highest BCUT2D eigenvalue weighted by Gasteiger charge is 2.08. The number of halogens is 1. The van der Waals surface area contributed by atoms with Crippen LogP contribution in [0.25, 0.3) is 0 Å². The van der Waals surface area contributed by atoms with Crippen LogP contribution in [0.3, 0.4) is 0 Å². The standard InChI is InChI=1S/C12H14BrNO3S/c1-7-4-10(8(2)3-9(7)13)18-6-11(15)14-5-12(16)17/h3-4H,5-6H2,1-2H3,(H,14,15)(H,16,17). The molecule has 0 aliphatic heterocycles. The van der Waals surface area contributed by atoms with E-state index in [9.17, 15) is 9.59 Å². The van der Waals surface area contributed by atoms with Gasteiger partial charge < -0.3 is 10.4 Å². The van der Waals surface area contributed by atoms with Crippen molar-refractivity contribution >= 4 is 39.6 Å². The lowest BCUT2D eigenvalue weighted by atomic mass is 10.2. The van der Waals surface area contributed by atoms with Crippen molar-refractivity contribution in [3.05, 3.63) is 27.7 Å². The van der Waals surface area contributed by atoms with Gasteiger partial charge in [0.05, 0.1) is 5.75 Å². The Labute approximate surface area is 118 Å². The Morgan fingerprint density at radius 3 is 2.61 bits per heavy atom. The molecule has 6 heteroatoms. The lowest BCUT2D eigenvalue weighted by Gasteiger charge is -2.08.